The summed E-state index contributed by atoms with van der Waals surface area (Å²) < 4.78 is 18.2. The summed E-state index contributed by atoms with van der Waals surface area (Å²) >= 11 is 5.80. The number of ether oxygens (including phenoxy) is 1. The van der Waals surface area contributed by atoms with Crippen LogP contribution >= 0.6 is 11.6 Å². The highest BCUT2D eigenvalue weighted by Gasteiger charge is 2.12. The van der Waals surface area contributed by atoms with E-state index in [-0.39, 0.29) is 27.9 Å². The van der Waals surface area contributed by atoms with E-state index in [4.69, 9.17) is 22.1 Å². The van der Waals surface area contributed by atoms with E-state index in [2.05, 4.69) is 0 Å². The van der Waals surface area contributed by atoms with Gasteiger partial charge in [-0.2, -0.15) is 0 Å². The van der Waals surface area contributed by atoms with E-state index in [9.17, 15) is 14.5 Å². The quantitative estimate of drug-likeness (QED) is 0.528. The lowest BCUT2D eigenvalue weighted by atomic mass is 10.2. The molecule has 0 fully saturated rings. The van der Waals surface area contributed by atoms with Crippen LogP contribution in [0.5, 0.6) is 11.5 Å². The number of hydrogen-bond donors (Lipinski definition) is 1. The van der Waals surface area contributed by atoms with Gasteiger partial charge in [-0.05, 0) is 24.3 Å². The van der Waals surface area contributed by atoms with Crippen molar-refractivity contribution in [2.24, 2.45) is 0 Å². The van der Waals surface area contributed by atoms with E-state index < -0.39 is 10.7 Å². The molecule has 0 saturated heterocycles. The molecule has 0 aliphatic carbocycles. The average molecular weight is 283 g/mol. The summed E-state index contributed by atoms with van der Waals surface area (Å²) in [5.41, 5.74) is 5.29. The zero-order valence-corrected chi connectivity index (χ0v) is 10.2. The van der Waals surface area contributed by atoms with E-state index in [1.54, 1.807) is 0 Å². The Kier molecular flexibility index (Phi) is 3.52. The molecule has 0 aromatic heterocycles. The Morgan fingerprint density at radius 1 is 1.26 bits per heavy atom. The molecule has 0 saturated carbocycles. The van der Waals surface area contributed by atoms with Crippen LogP contribution in [0.25, 0.3) is 0 Å². The van der Waals surface area contributed by atoms with Crippen LogP contribution in [0.4, 0.5) is 15.8 Å². The van der Waals surface area contributed by atoms with E-state index >= 15 is 0 Å². The van der Waals surface area contributed by atoms with Gasteiger partial charge in [-0.15, -0.1) is 0 Å². The number of nitro benzene ring substituents is 1. The SMILES string of the molecule is Nc1cc(Oc2ccc(F)cc2Cl)ccc1[N+](=O)[O-]. The highest BCUT2D eigenvalue weighted by Crippen LogP contribution is 2.33. The Morgan fingerprint density at radius 2 is 2.00 bits per heavy atom. The van der Waals surface area contributed by atoms with Gasteiger partial charge in [-0.1, -0.05) is 11.6 Å². The van der Waals surface area contributed by atoms with Crippen molar-refractivity contribution < 1.29 is 14.1 Å². The summed E-state index contributed by atoms with van der Waals surface area (Å²) in [6.07, 6.45) is 0. The normalized spacial score (nSPS) is 10.2. The number of rotatable bonds is 3. The molecule has 0 aliphatic heterocycles. The second-order valence-corrected chi connectivity index (χ2v) is 4.06. The number of nitrogens with two attached hydrogens (primary N) is 1. The molecule has 2 rings (SSSR count). The van der Waals surface area contributed by atoms with Crippen LogP contribution in [0.15, 0.2) is 36.4 Å². The molecule has 19 heavy (non-hydrogen) atoms. The van der Waals surface area contributed by atoms with Gasteiger partial charge in [-0.25, -0.2) is 4.39 Å². The third-order valence-corrected chi connectivity index (χ3v) is 2.61. The van der Waals surface area contributed by atoms with Crippen LogP contribution in [0, 0.1) is 15.9 Å². The van der Waals surface area contributed by atoms with Crippen molar-refractivity contribution in [1.82, 2.24) is 0 Å². The molecule has 0 amide bonds. The minimum atomic E-state index is -0.593. The Labute approximate surface area is 112 Å². The molecule has 0 atom stereocenters. The van der Waals surface area contributed by atoms with Crippen molar-refractivity contribution in [2.45, 2.75) is 0 Å². The molecule has 0 unspecified atom stereocenters. The third kappa shape index (κ3) is 2.92. The maximum atomic E-state index is 12.9. The fourth-order valence-electron chi connectivity index (χ4n) is 1.45. The number of nitrogens with zero attached hydrogens (tertiary/aromatic N) is 1. The minimum Gasteiger partial charge on any atom is -0.456 e. The summed E-state index contributed by atoms with van der Waals surface area (Å²) in [5.74, 6) is 0.0218. The largest absolute Gasteiger partial charge is 0.456 e. The minimum absolute atomic E-state index is 0.0271. The first-order chi connectivity index (χ1) is 8.97. The second kappa shape index (κ2) is 5.11. The van der Waals surface area contributed by atoms with Gasteiger partial charge < -0.3 is 10.5 Å². The predicted octanol–water partition coefficient (Wildman–Crippen LogP) is 3.76. The molecular weight excluding hydrogens is 275 g/mol. The monoisotopic (exact) mass is 282 g/mol. The fourth-order valence-corrected chi connectivity index (χ4v) is 1.65. The number of nitro groups is 1. The number of nitrogen functional groups attached to an aromatic ring is 1. The Morgan fingerprint density at radius 3 is 2.58 bits per heavy atom. The Hall–Kier alpha value is -2.34. The summed E-state index contributed by atoms with van der Waals surface area (Å²) in [5, 5.41) is 10.7. The maximum absolute atomic E-state index is 12.9. The van der Waals surface area contributed by atoms with Crippen LogP contribution < -0.4 is 10.5 Å². The van der Waals surface area contributed by atoms with Gasteiger partial charge in [0.15, 0.2) is 0 Å². The van der Waals surface area contributed by atoms with Gasteiger partial charge in [0.05, 0.1) is 9.95 Å². The fraction of sp³-hybridized carbons (Fsp3) is 0. The number of hydrogen-bond acceptors (Lipinski definition) is 4. The lowest BCUT2D eigenvalue weighted by Gasteiger charge is -2.08. The van der Waals surface area contributed by atoms with Crippen molar-refractivity contribution in [3.8, 4) is 11.5 Å². The highest BCUT2D eigenvalue weighted by molar-refractivity contribution is 6.32. The molecule has 0 spiro atoms. The van der Waals surface area contributed by atoms with Crippen LogP contribution in [0.1, 0.15) is 0 Å². The van der Waals surface area contributed by atoms with Crippen molar-refractivity contribution in [2.75, 3.05) is 5.73 Å². The molecule has 0 heterocycles. The van der Waals surface area contributed by atoms with Gasteiger partial charge in [0.2, 0.25) is 0 Å². The molecule has 0 bridgehead atoms. The van der Waals surface area contributed by atoms with Gasteiger partial charge in [0.1, 0.15) is 23.0 Å². The lowest BCUT2D eigenvalue weighted by Crippen LogP contribution is -1.96. The standard InChI is InChI=1S/C12H8ClFN2O3/c13-9-5-7(14)1-4-12(9)19-8-2-3-11(16(17)18)10(15)6-8/h1-6H,15H2. The zero-order valence-electron chi connectivity index (χ0n) is 9.47. The molecule has 2 N–H and O–H groups in total. The first-order valence-electron chi connectivity index (χ1n) is 5.14. The van der Waals surface area contributed by atoms with Crippen LogP contribution in [0.3, 0.4) is 0 Å². The Bertz CT molecular complexity index is 649. The van der Waals surface area contributed by atoms with Crippen LogP contribution in [-0.2, 0) is 0 Å². The smallest absolute Gasteiger partial charge is 0.292 e. The maximum Gasteiger partial charge on any atom is 0.292 e. The number of benzene rings is 2. The molecule has 0 aliphatic rings. The average Bonchev–Trinajstić information content (AvgIpc) is 2.32. The summed E-state index contributed by atoms with van der Waals surface area (Å²) in [7, 11) is 0. The lowest BCUT2D eigenvalue weighted by molar-refractivity contribution is -0.383. The summed E-state index contributed by atoms with van der Waals surface area (Å²) in [6.45, 7) is 0. The molecule has 7 heteroatoms. The summed E-state index contributed by atoms with van der Waals surface area (Å²) in [6, 6.07) is 7.56. The predicted molar refractivity (Wildman–Crippen MR) is 69.0 cm³/mol. The first kappa shape index (κ1) is 13.1. The molecule has 5 nitrogen and oxygen atoms in total. The van der Waals surface area contributed by atoms with Gasteiger partial charge in [0.25, 0.3) is 5.69 Å². The van der Waals surface area contributed by atoms with Crippen molar-refractivity contribution >= 4 is 23.0 Å². The third-order valence-electron chi connectivity index (χ3n) is 2.32. The molecule has 2 aromatic carbocycles. The van der Waals surface area contributed by atoms with E-state index in [1.807, 2.05) is 0 Å². The van der Waals surface area contributed by atoms with E-state index in [1.165, 1.54) is 30.3 Å². The zero-order chi connectivity index (χ0) is 14.0. The Balaban J connectivity index is 2.29. The van der Waals surface area contributed by atoms with Crippen LogP contribution in [-0.4, -0.2) is 4.92 Å². The molecule has 2 aromatic rings. The van der Waals surface area contributed by atoms with Crippen molar-refractivity contribution in [3.05, 3.63) is 57.4 Å². The van der Waals surface area contributed by atoms with Crippen LogP contribution in [0.2, 0.25) is 5.02 Å². The van der Waals surface area contributed by atoms with Gasteiger partial charge in [-0.3, -0.25) is 10.1 Å². The highest BCUT2D eigenvalue weighted by atomic mass is 35.5. The molecule has 0 radical (unpaired) electrons. The first-order valence-corrected chi connectivity index (χ1v) is 5.52. The second-order valence-electron chi connectivity index (χ2n) is 3.65. The topological polar surface area (TPSA) is 78.4 Å². The van der Waals surface area contributed by atoms with E-state index in [0.717, 1.165) is 6.07 Å². The van der Waals surface area contributed by atoms with Gasteiger partial charge >= 0.3 is 0 Å². The number of halogens is 2. The van der Waals surface area contributed by atoms with Crippen molar-refractivity contribution in [3.63, 3.8) is 0 Å². The van der Waals surface area contributed by atoms with E-state index in [0.29, 0.717) is 0 Å². The van der Waals surface area contributed by atoms with Crippen molar-refractivity contribution in [1.29, 1.82) is 0 Å². The molecular formula is C12H8ClFN2O3. The van der Waals surface area contributed by atoms with Gasteiger partial charge in [0, 0.05) is 12.1 Å². The molecule has 98 valence electrons. The number of anilines is 1. The summed E-state index contributed by atoms with van der Waals surface area (Å²) in [4.78, 5) is 10.0.